The molecule has 1 aromatic heterocycles. The highest BCUT2D eigenvalue weighted by Gasteiger charge is 2.40. The minimum atomic E-state index is -3.61. The van der Waals surface area contributed by atoms with Crippen LogP contribution in [0.4, 0.5) is 4.39 Å². The predicted molar refractivity (Wildman–Crippen MR) is 126 cm³/mol. The summed E-state index contributed by atoms with van der Waals surface area (Å²) in [5.41, 5.74) is 3.89. The smallest absolute Gasteiger partial charge is 0.246 e. The summed E-state index contributed by atoms with van der Waals surface area (Å²) in [6.07, 6.45) is 4.39. The van der Waals surface area contributed by atoms with E-state index in [4.69, 9.17) is 11.6 Å². The number of nitrogens with zero attached hydrogens (tertiary/aromatic N) is 3. The Labute approximate surface area is 198 Å². The molecule has 5 rings (SSSR count). The molecule has 2 aliphatic rings. The second-order valence-corrected chi connectivity index (χ2v) is 11.4. The fourth-order valence-electron chi connectivity index (χ4n) is 5.07. The summed E-state index contributed by atoms with van der Waals surface area (Å²) in [6, 6.07) is 11.7. The van der Waals surface area contributed by atoms with Crippen LogP contribution >= 0.6 is 11.6 Å². The molecule has 2 heterocycles. The molecule has 33 heavy (non-hydrogen) atoms. The Morgan fingerprint density at radius 3 is 2.67 bits per heavy atom. The molecule has 174 valence electrons. The van der Waals surface area contributed by atoms with E-state index < -0.39 is 10.0 Å². The normalized spacial score (nSPS) is 21.2. The lowest BCUT2D eigenvalue weighted by Crippen LogP contribution is -2.48. The van der Waals surface area contributed by atoms with Gasteiger partial charge in [-0.25, -0.2) is 12.8 Å². The zero-order chi connectivity index (χ0) is 23.3. The number of nitrogens with one attached hydrogen (secondary N) is 1. The quantitative estimate of drug-likeness (QED) is 0.577. The van der Waals surface area contributed by atoms with Crippen LogP contribution in [0, 0.1) is 5.82 Å². The van der Waals surface area contributed by atoms with E-state index >= 15 is 4.39 Å². The summed E-state index contributed by atoms with van der Waals surface area (Å²) in [5.74, 6) is -0.226. The molecule has 0 saturated carbocycles. The van der Waals surface area contributed by atoms with Crippen molar-refractivity contribution in [3.8, 4) is 0 Å². The number of rotatable bonds is 6. The molecule has 1 aliphatic heterocycles. The highest BCUT2D eigenvalue weighted by Crippen LogP contribution is 2.41. The van der Waals surface area contributed by atoms with E-state index in [1.54, 1.807) is 13.1 Å². The summed E-state index contributed by atoms with van der Waals surface area (Å²) >= 11 is 6.19. The second kappa shape index (κ2) is 8.51. The van der Waals surface area contributed by atoms with Crippen molar-refractivity contribution >= 4 is 21.6 Å². The van der Waals surface area contributed by atoms with Gasteiger partial charge < -0.3 is 5.32 Å². The average Bonchev–Trinajstić information content (AvgIpc) is 3.31. The molecule has 1 fully saturated rings. The fourth-order valence-corrected chi connectivity index (χ4v) is 6.79. The number of benzene rings is 2. The Hall–Kier alpha value is -2.26. The van der Waals surface area contributed by atoms with Gasteiger partial charge in [-0.15, -0.1) is 0 Å². The molecule has 2 aromatic carbocycles. The van der Waals surface area contributed by atoms with Crippen molar-refractivity contribution in [3.05, 3.63) is 81.9 Å². The summed E-state index contributed by atoms with van der Waals surface area (Å²) < 4.78 is 43.5. The fraction of sp³-hybridized carbons (Fsp3) is 0.375. The summed E-state index contributed by atoms with van der Waals surface area (Å²) in [7, 11) is 0.00317. The maximum Gasteiger partial charge on any atom is 0.246 e. The van der Waals surface area contributed by atoms with E-state index in [0.29, 0.717) is 10.6 Å². The second-order valence-electron chi connectivity index (χ2n) is 8.98. The van der Waals surface area contributed by atoms with Crippen LogP contribution in [-0.4, -0.2) is 48.7 Å². The molecule has 6 nitrogen and oxygen atoms in total. The molecular formula is C24H26ClFN4O2S. The van der Waals surface area contributed by atoms with Gasteiger partial charge in [0.05, 0.1) is 6.20 Å². The first kappa shape index (κ1) is 22.5. The monoisotopic (exact) mass is 488 g/mol. The first-order chi connectivity index (χ1) is 15.8. The summed E-state index contributed by atoms with van der Waals surface area (Å²) in [5, 5.41) is 8.05. The third-order valence-corrected chi connectivity index (χ3v) is 8.93. The lowest BCUT2D eigenvalue weighted by Gasteiger charge is -2.38. The van der Waals surface area contributed by atoms with Crippen molar-refractivity contribution in [2.45, 2.75) is 35.6 Å². The Balaban J connectivity index is 1.39. The summed E-state index contributed by atoms with van der Waals surface area (Å²) in [6.45, 7) is 0.530. The lowest BCUT2D eigenvalue weighted by atomic mass is 9.86. The highest BCUT2D eigenvalue weighted by atomic mass is 35.5. The van der Waals surface area contributed by atoms with Crippen LogP contribution in [0.5, 0.6) is 0 Å². The van der Waals surface area contributed by atoms with Crippen molar-refractivity contribution in [1.82, 2.24) is 19.4 Å². The molecule has 1 saturated heterocycles. The first-order valence-corrected chi connectivity index (χ1v) is 12.8. The van der Waals surface area contributed by atoms with Crippen molar-refractivity contribution < 1.29 is 12.8 Å². The van der Waals surface area contributed by atoms with E-state index in [1.807, 2.05) is 31.3 Å². The van der Waals surface area contributed by atoms with Gasteiger partial charge in [0.15, 0.2) is 0 Å². The Morgan fingerprint density at radius 2 is 2.00 bits per heavy atom. The topological polar surface area (TPSA) is 67.2 Å². The SMILES string of the molecule is CNC1Cc2cc(F)c(C3CN(S(=O)(=O)c4cnn(C)c4)C3)cc2C1Cc1cccc(Cl)c1. The first-order valence-electron chi connectivity index (χ1n) is 11.0. The largest absolute Gasteiger partial charge is 0.316 e. The number of halogens is 2. The summed E-state index contributed by atoms with van der Waals surface area (Å²) in [4.78, 5) is 0.163. The van der Waals surface area contributed by atoms with Crippen molar-refractivity contribution in [2.75, 3.05) is 20.1 Å². The number of hydrogen-bond acceptors (Lipinski definition) is 4. The van der Waals surface area contributed by atoms with E-state index in [2.05, 4.69) is 16.5 Å². The molecular weight excluding hydrogens is 463 g/mol. The Bertz CT molecular complexity index is 1300. The van der Waals surface area contributed by atoms with E-state index in [1.165, 1.54) is 21.4 Å². The molecule has 0 bridgehead atoms. The van der Waals surface area contributed by atoms with Gasteiger partial charge >= 0.3 is 0 Å². The minimum Gasteiger partial charge on any atom is -0.316 e. The number of aromatic nitrogens is 2. The maximum atomic E-state index is 15.1. The predicted octanol–water partition coefficient (Wildman–Crippen LogP) is 3.47. The molecule has 0 radical (unpaired) electrons. The lowest BCUT2D eigenvalue weighted by molar-refractivity contribution is 0.259. The number of fused-ring (bicyclic) bond motifs is 1. The third-order valence-electron chi connectivity index (χ3n) is 6.91. The number of sulfonamides is 1. The molecule has 0 spiro atoms. The van der Waals surface area contributed by atoms with Gasteiger partial charge in [-0.1, -0.05) is 29.8 Å². The van der Waals surface area contributed by atoms with E-state index in [-0.39, 0.29) is 41.7 Å². The van der Waals surface area contributed by atoms with Gasteiger partial charge in [0.1, 0.15) is 10.7 Å². The van der Waals surface area contributed by atoms with Gasteiger partial charge in [-0.2, -0.15) is 9.40 Å². The van der Waals surface area contributed by atoms with Crippen molar-refractivity contribution in [3.63, 3.8) is 0 Å². The van der Waals surface area contributed by atoms with Crippen LogP contribution in [0.15, 0.2) is 53.7 Å². The third kappa shape index (κ3) is 4.10. The molecule has 0 amide bonds. The Kier molecular flexibility index (Phi) is 5.81. The maximum absolute atomic E-state index is 15.1. The standard InChI is InChI=1S/C24H26ClFN4O2S/c1-27-24-9-16-8-23(26)21(10-20(16)22(24)7-15-4-3-5-18(25)6-15)17-12-30(13-17)33(31,32)19-11-28-29(2)14-19/h3-6,8,10-11,14,17,22,24,27H,7,9,12-13H2,1-2H3. The van der Waals surface area contributed by atoms with Gasteiger partial charge in [-0.05, 0) is 60.3 Å². The average molecular weight is 489 g/mol. The van der Waals surface area contributed by atoms with Crippen LogP contribution in [0.2, 0.25) is 5.02 Å². The van der Waals surface area contributed by atoms with Crippen LogP contribution in [0.3, 0.4) is 0 Å². The molecule has 2 atom stereocenters. The van der Waals surface area contributed by atoms with Crippen LogP contribution in [0.25, 0.3) is 0 Å². The van der Waals surface area contributed by atoms with Gasteiger partial charge in [0.25, 0.3) is 0 Å². The molecule has 9 heteroatoms. The van der Waals surface area contributed by atoms with Gasteiger partial charge in [0, 0.05) is 49.2 Å². The van der Waals surface area contributed by atoms with E-state index in [9.17, 15) is 8.42 Å². The minimum absolute atomic E-state index is 0.163. The van der Waals surface area contributed by atoms with Crippen LogP contribution < -0.4 is 5.32 Å². The zero-order valence-corrected chi connectivity index (χ0v) is 20.1. The molecule has 2 unspecified atom stereocenters. The number of aryl methyl sites for hydroxylation is 1. The van der Waals surface area contributed by atoms with Crippen LogP contribution in [-0.2, 0) is 29.9 Å². The van der Waals surface area contributed by atoms with Crippen LogP contribution in [0.1, 0.15) is 34.1 Å². The van der Waals surface area contributed by atoms with E-state index in [0.717, 1.165) is 29.5 Å². The molecule has 1 aliphatic carbocycles. The van der Waals surface area contributed by atoms with Crippen molar-refractivity contribution in [1.29, 1.82) is 0 Å². The number of likely N-dealkylation sites (N-methyl/N-ethyl adjacent to an activating group) is 1. The number of hydrogen-bond donors (Lipinski definition) is 1. The van der Waals surface area contributed by atoms with Gasteiger partial charge in [-0.3, -0.25) is 4.68 Å². The van der Waals surface area contributed by atoms with Crippen molar-refractivity contribution in [2.24, 2.45) is 7.05 Å². The molecule has 1 N–H and O–H groups in total. The Morgan fingerprint density at radius 1 is 1.21 bits per heavy atom. The molecule has 3 aromatic rings. The van der Waals surface area contributed by atoms with Gasteiger partial charge in [0.2, 0.25) is 10.0 Å². The zero-order valence-electron chi connectivity index (χ0n) is 18.5. The highest BCUT2D eigenvalue weighted by molar-refractivity contribution is 7.89.